The van der Waals surface area contributed by atoms with E-state index in [0.717, 1.165) is 0 Å². The maximum Gasteiger partial charge on any atom is 0.258 e. The summed E-state index contributed by atoms with van der Waals surface area (Å²) >= 11 is 0. The highest BCUT2D eigenvalue weighted by molar-refractivity contribution is 6.06. The average molecular weight is 284 g/mol. The summed E-state index contributed by atoms with van der Waals surface area (Å²) in [5.41, 5.74) is 0.775. The van der Waals surface area contributed by atoms with Gasteiger partial charge in [0.15, 0.2) is 0 Å². The van der Waals surface area contributed by atoms with E-state index in [0.29, 0.717) is 11.3 Å². The van der Waals surface area contributed by atoms with Crippen molar-refractivity contribution < 1.29 is 13.9 Å². The van der Waals surface area contributed by atoms with Gasteiger partial charge in [-0.2, -0.15) is 5.26 Å². The van der Waals surface area contributed by atoms with Crippen LogP contribution in [0.25, 0.3) is 0 Å². The molecule has 0 aliphatic heterocycles. The molecule has 2 rings (SSSR count). The smallest absolute Gasteiger partial charge is 0.258 e. The second-order valence-electron chi connectivity index (χ2n) is 4.39. The predicted octanol–water partition coefficient (Wildman–Crippen LogP) is 3.27. The first-order valence-electron chi connectivity index (χ1n) is 6.22. The number of nitrogens with one attached hydrogen (secondary N) is 1. The summed E-state index contributed by atoms with van der Waals surface area (Å²) in [4.78, 5) is 12.2. The number of methoxy groups -OCH3 is 1. The molecule has 0 saturated heterocycles. The molecule has 0 bridgehead atoms. The second kappa shape index (κ2) is 6.06. The van der Waals surface area contributed by atoms with Gasteiger partial charge in [-0.05, 0) is 30.7 Å². The van der Waals surface area contributed by atoms with E-state index in [1.807, 2.05) is 6.07 Å². The lowest BCUT2D eigenvalue weighted by molar-refractivity contribution is 0.102. The highest BCUT2D eigenvalue weighted by Gasteiger charge is 2.17. The zero-order valence-electron chi connectivity index (χ0n) is 11.6. The number of carbonyl (C=O) groups is 1. The van der Waals surface area contributed by atoms with Gasteiger partial charge in [-0.25, -0.2) is 4.39 Å². The largest absolute Gasteiger partial charge is 0.495 e. The topological polar surface area (TPSA) is 62.1 Å². The van der Waals surface area contributed by atoms with Crippen molar-refractivity contribution in [2.24, 2.45) is 0 Å². The normalized spacial score (nSPS) is 9.81. The Morgan fingerprint density at radius 2 is 2.00 bits per heavy atom. The maximum absolute atomic E-state index is 14.0. The van der Waals surface area contributed by atoms with Gasteiger partial charge in [0, 0.05) is 0 Å². The van der Waals surface area contributed by atoms with Crippen LogP contribution >= 0.6 is 0 Å². The quantitative estimate of drug-likeness (QED) is 0.941. The molecule has 0 heterocycles. The number of nitrogens with zero attached hydrogens (tertiary/aromatic N) is 1. The van der Waals surface area contributed by atoms with Gasteiger partial charge < -0.3 is 10.1 Å². The fourth-order valence-electron chi connectivity index (χ4n) is 1.93. The Morgan fingerprint density at radius 1 is 1.29 bits per heavy atom. The molecule has 2 aromatic carbocycles. The van der Waals surface area contributed by atoms with Crippen LogP contribution in [0.1, 0.15) is 21.5 Å². The molecule has 0 fully saturated rings. The van der Waals surface area contributed by atoms with Crippen LogP contribution in [0.15, 0.2) is 36.4 Å². The molecule has 106 valence electrons. The molecule has 0 radical (unpaired) electrons. The lowest BCUT2D eigenvalue weighted by Gasteiger charge is -2.12. The Kier molecular flexibility index (Phi) is 4.19. The second-order valence-corrected chi connectivity index (χ2v) is 4.39. The number of halogens is 1. The molecule has 1 amide bonds. The molecule has 0 atom stereocenters. The van der Waals surface area contributed by atoms with Crippen molar-refractivity contribution in [2.75, 3.05) is 12.4 Å². The molecular formula is C16H13FN2O2. The third-order valence-corrected chi connectivity index (χ3v) is 3.04. The van der Waals surface area contributed by atoms with Gasteiger partial charge in [-0.1, -0.05) is 18.2 Å². The molecule has 0 aliphatic carbocycles. The van der Waals surface area contributed by atoms with Crippen LogP contribution in [0.5, 0.6) is 5.75 Å². The van der Waals surface area contributed by atoms with Crippen LogP contribution in [-0.4, -0.2) is 13.0 Å². The summed E-state index contributed by atoms with van der Waals surface area (Å²) in [6.07, 6.45) is 0. The summed E-state index contributed by atoms with van der Waals surface area (Å²) < 4.78 is 19.1. The Labute approximate surface area is 121 Å². The number of hydrogen-bond acceptors (Lipinski definition) is 3. The van der Waals surface area contributed by atoms with Gasteiger partial charge in [0.25, 0.3) is 5.91 Å². The van der Waals surface area contributed by atoms with Crippen LogP contribution < -0.4 is 10.1 Å². The molecule has 21 heavy (non-hydrogen) atoms. The van der Waals surface area contributed by atoms with Crippen molar-refractivity contribution in [1.82, 2.24) is 0 Å². The monoisotopic (exact) mass is 284 g/mol. The summed E-state index contributed by atoms with van der Waals surface area (Å²) in [5.74, 6) is -0.865. The minimum Gasteiger partial charge on any atom is -0.495 e. The van der Waals surface area contributed by atoms with Crippen LogP contribution in [-0.2, 0) is 0 Å². The van der Waals surface area contributed by atoms with Gasteiger partial charge in [0.1, 0.15) is 23.3 Å². The summed E-state index contributed by atoms with van der Waals surface area (Å²) in [6.45, 7) is 1.58. The Morgan fingerprint density at radius 3 is 2.67 bits per heavy atom. The van der Waals surface area contributed by atoms with Crippen LogP contribution in [0.3, 0.4) is 0 Å². The van der Waals surface area contributed by atoms with Gasteiger partial charge in [-0.3, -0.25) is 4.79 Å². The number of nitriles is 1. The fraction of sp³-hybridized carbons (Fsp3) is 0.125. The third kappa shape index (κ3) is 2.84. The molecule has 0 spiro atoms. The van der Waals surface area contributed by atoms with Crippen LogP contribution in [0, 0.1) is 24.1 Å². The molecule has 0 saturated carbocycles. The van der Waals surface area contributed by atoms with E-state index in [2.05, 4.69) is 5.32 Å². The number of ether oxygens (including phenoxy) is 1. The standard InChI is InChI=1S/C16H13FN2O2/c1-10-5-3-7-12(14(10)17)16(20)19-15-11(9-18)6-4-8-13(15)21-2/h3-8H,1-2H3,(H,19,20). The summed E-state index contributed by atoms with van der Waals surface area (Å²) in [7, 11) is 1.43. The number of anilines is 1. The summed E-state index contributed by atoms with van der Waals surface area (Å²) in [6, 6.07) is 11.3. The van der Waals surface area contributed by atoms with E-state index in [1.165, 1.54) is 13.2 Å². The predicted molar refractivity (Wildman–Crippen MR) is 76.8 cm³/mol. The Bertz CT molecular complexity index is 736. The number of carbonyl (C=O) groups excluding carboxylic acids is 1. The zero-order chi connectivity index (χ0) is 15.4. The van der Waals surface area contributed by atoms with Crippen LogP contribution in [0.4, 0.5) is 10.1 Å². The van der Waals surface area contributed by atoms with Gasteiger partial charge in [0.05, 0.1) is 18.2 Å². The molecule has 5 heteroatoms. The van der Waals surface area contributed by atoms with E-state index in [9.17, 15) is 9.18 Å². The van der Waals surface area contributed by atoms with Gasteiger partial charge in [-0.15, -0.1) is 0 Å². The number of amides is 1. The first kappa shape index (κ1) is 14.5. The minimum absolute atomic E-state index is 0.0789. The molecular weight excluding hydrogens is 271 g/mol. The van der Waals surface area contributed by atoms with Crippen molar-refractivity contribution in [2.45, 2.75) is 6.92 Å². The lowest BCUT2D eigenvalue weighted by Crippen LogP contribution is -2.15. The third-order valence-electron chi connectivity index (χ3n) is 3.04. The number of hydrogen-bond donors (Lipinski definition) is 1. The highest BCUT2D eigenvalue weighted by Crippen LogP contribution is 2.28. The highest BCUT2D eigenvalue weighted by atomic mass is 19.1. The lowest BCUT2D eigenvalue weighted by atomic mass is 10.1. The van der Waals surface area contributed by atoms with E-state index in [1.54, 1.807) is 37.3 Å². The Hall–Kier alpha value is -2.87. The minimum atomic E-state index is -0.628. The molecule has 1 N–H and O–H groups in total. The maximum atomic E-state index is 14.0. The average Bonchev–Trinajstić information content (AvgIpc) is 2.50. The number of rotatable bonds is 3. The van der Waals surface area contributed by atoms with Gasteiger partial charge in [0.2, 0.25) is 0 Å². The van der Waals surface area contributed by atoms with E-state index >= 15 is 0 Å². The van der Waals surface area contributed by atoms with Crippen molar-refractivity contribution in [1.29, 1.82) is 5.26 Å². The van der Waals surface area contributed by atoms with Crippen molar-refractivity contribution in [3.63, 3.8) is 0 Å². The Balaban J connectivity index is 2.41. The van der Waals surface area contributed by atoms with E-state index < -0.39 is 11.7 Å². The molecule has 0 unspecified atom stereocenters. The van der Waals surface area contributed by atoms with E-state index in [-0.39, 0.29) is 16.8 Å². The molecule has 0 aromatic heterocycles. The molecule has 0 aliphatic rings. The summed E-state index contributed by atoms with van der Waals surface area (Å²) in [5, 5.41) is 11.6. The van der Waals surface area contributed by atoms with Crippen molar-refractivity contribution in [3.05, 3.63) is 58.9 Å². The van der Waals surface area contributed by atoms with Crippen molar-refractivity contribution >= 4 is 11.6 Å². The fourth-order valence-corrected chi connectivity index (χ4v) is 1.93. The zero-order valence-corrected chi connectivity index (χ0v) is 11.6. The van der Waals surface area contributed by atoms with Crippen LogP contribution in [0.2, 0.25) is 0 Å². The molecule has 4 nitrogen and oxygen atoms in total. The van der Waals surface area contributed by atoms with Crippen molar-refractivity contribution in [3.8, 4) is 11.8 Å². The SMILES string of the molecule is COc1cccc(C#N)c1NC(=O)c1cccc(C)c1F. The first-order valence-corrected chi connectivity index (χ1v) is 6.22. The number of para-hydroxylation sites is 1. The number of aryl methyl sites for hydroxylation is 1. The van der Waals surface area contributed by atoms with E-state index in [4.69, 9.17) is 10.00 Å². The molecule has 2 aromatic rings. The van der Waals surface area contributed by atoms with Gasteiger partial charge >= 0.3 is 0 Å². The first-order chi connectivity index (χ1) is 10.1. The number of benzene rings is 2.